The Kier molecular flexibility index (Phi) is 1.44. The third-order valence-electron chi connectivity index (χ3n) is 0.755. The van der Waals surface area contributed by atoms with Gasteiger partial charge in [0, 0.05) is 24.5 Å². The van der Waals surface area contributed by atoms with Crippen LogP contribution in [-0.4, -0.2) is 10.2 Å². The van der Waals surface area contributed by atoms with E-state index < -0.39 is 0 Å². The van der Waals surface area contributed by atoms with Crippen molar-refractivity contribution in [2.75, 3.05) is 0 Å². The summed E-state index contributed by atoms with van der Waals surface area (Å²) in [5, 5.41) is 8.01. The third kappa shape index (κ3) is 0.946. The van der Waals surface area contributed by atoms with Gasteiger partial charge in [-0.15, -0.1) is 0 Å². The van der Waals surface area contributed by atoms with Crippen molar-refractivity contribution in [1.82, 2.24) is 4.98 Å². The van der Waals surface area contributed by atoms with Gasteiger partial charge in [0.05, 0.1) is 0 Å². The average molecular weight is 111 g/mol. The Balaban J connectivity index is 2.83. The summed E-state index contributed by atoms with van der Waals surface area (Å²) in [6.07, 6.45) is 3.07. The van der Waals surface area contributed by atoms with E-state index >= 15 is 0 Å². The fraction of sp³-hybridized carbons (Fsp3) is 0. The van der Waals surface area contributed by atoms with Crippen LogP contribution < -0.4 is 4.89 Å². The summed E-state index contributed by atoms with van der Waals surface area (Å²) in [5.41, 5.74) is 0. The van der Waals surface area contributed by atoms with Crippen molar-refractivity contribution in [3.8, 4) is 5.75 Å². The predicted molar refractivity (Wildman–Crippen MR) is 27.5 cm³/mol. The molecule has 42 valence electrons. The summed E-state index contributed by atoms with van der Waals surface area (Å²) in [6, 6.07) is 3.11. The fourth-order valence-electron chi connectivity index (χ4n) is 0.399. The molecule has 0 atom stereocenters. The van der Waals surface area contributed by atoms with Crippen molar-refractivity contribution in [1.29, 1.82) is 0 Å². The standard InChI is InChI=1S/C5H5NO2/c7-8-5-1-3-6-4-2-5/h1-4,7H. The van der Waals surface area contributed by atoms with E-state index in [-0.39, 0.29) is 0 Å². The molecule has 0 aliphatic heterocycles. The van der Waals surface area contributed by atoms with Crippen LogP contribution in [0.15, 0.2) is 24.5 Å². The minimum Gasteiger partial charge on any atom is -0.340 e. The molecule has 0 spiro atoms. The lowest BCUT2D eigenvalue weighted by molar-refractivity contribution is -0.137. The molecule has 1 aromatic rings. The molecule has 1 rings (SSSR count). The van der Waals surface area contributed by atoms with Crippen LogP contribution in [-0.2, 0) is 0 Å². The number of aromatic nitrogens is 1. The van der Waals surface area contributed by atoms with Crippen LogP contribution in [0.4, 0.5) is 0 Å². The zero-order valence-corrected chi connectivity index (χ0v) is 4.11. The summed E-state index contributed by atoms with van der Waals surface area (Å²) in [4.78, 5) is 7.58. The maximum absolute atomic E-state index is 8.01. The Morgan fingerprint density at radius 2 is 2.00 bits per heavy atom. The Labute approximate surface area is 46.5 Å². The highest BCUT2D eigenvalue weighted by Gasteiger charge is 1.83. The smallest absolute Gasteiger partial charge is 0.168 e. The second kappa shape index (κ2) is 2.28. The molecule has 3 nitrogen and oxygen atoms in total. The van der Waals surface area contributed by atoms with Gasteiger partial charge in [-0.05, 0) is 0 Å². The Morgan fingerprint density at radius 3 is 2.38 bits per heavy atom. The lowest BCUT2D eigenvalue weighted by Crippen LogP contribution is -1.81. The maximum Gasteiger partial charge on any atom is 0.168 e. The first-order chi connectivity index (χ1) is 3.93. The van der Waals surface area contributed by atoms with Crippen LogP contribution in [0.2, 0.25) is 0 Å². The van der Waals surface area contributed by atoms with Crippen molar-refractivity contribution in [3.05, 3.63) is 24.5 Å². The first-order valence-electron chi connectivity index (χ1n) is 2.15. The minimum absolute atomic E-state index is 0.403. The van der Waals surface area contributed by atoms with Crippen molar-refractivity contribution in [2.45, 2.75) is 0 Å². The number of rotatable bonds is 1. The van der Waals surface area contributed by atoms with Crippen LogP contribution in [0.1, 0.15) is 0 Å². The van der Waals surface area contributed by atoms with E-state index in [0.717, 1.165) is 0 Å². The molecule has 0 saturated heterocycles. The summed E-state index contributed by atoms with van der Waals surface area (Å²) < 4.78 is 0. The van der Waals surface area contributed by atoms with Gasteiger partial charge in [0.15, 0.2) is 5.75 Å². The second-order valence-electron chi connectivity index (χ2n) is 1.27. The highest BCUT2D eigenvalue weighted by atomic mass is 17.1. The van der Waals surface area contributed by atoms with Crippen molar-refractivity contribution in [2.24, 2.45) is 0 Å². The van der Waals surface area contributed by atoms with Gasteiger partial charge in [-0.25, -0.2) is 5.26 Å². The van der Waals surface area contributed by atoms with Crippen molar-refractivity contribution >= 4 is 0 Å². The normalized spacial score (nSPS) is 8.62. The highest BCUT2D eigenvalue weighted by Crippen LogP contribution is 2.03. The quantitative estimate of drug-likeness (QED) is 0.433. The van der Waals surface area contributed by atoms with E-state index in [2.05, 4.69) is 9.87 Å². The van der Waals surface area contributed by atoms with Gasteiger partial charge in [0.25, 0.3) is 0 Å². The Hall–Kier alpha value is -1.09. The van der Waals surface area contributed by atoms with Crippen molar-refractivity contribution in [3.63, 3.8) is 0 Å². The van der Waals surface area contributed by atoms with Gasteiger partial charge in [0.1, 0.15) is 0 Å². The maximum atomic E-state index is 8.01. The first-order valence-corrected chi connectivity index (χ1v) is 2.15. The molecule has 1 heterocycles. The van der Waals surface area contributed by atoms with E-state index in [1.54, 1.807) is 12.1 Å². The van der Waals surface area contributed by atoms with Crippen LogP contribution in [0.5, 0.6) is 5.75 Å². The number of pyridine rings is 1. The SMILES string of the molecule is OOc1ccncc1. The molecule has 0 aliphatic carbocycles. The Bertz CT molecular complexity index is 152. The minimum atomic E-state index is 0.403. The monoisotopic (exact) mass is 111 g/mol. The average Bonchev–Trinajstić information content (AvgIpc) is 1.90. The van der Waals surface area contributed by atoms with Crippen LogP contribution in [0.25, 0.3) is 0 Å². The van der Waals surface area contributed by atoms with E-state index in [4.69, 9.17) is 5.26 Å². The van der Waals surface area contributed by atoms with Gasteiger partial charge in [-0.1, -0.05) is 0 Å². The zero-order valence-electron chi connectivity index (χ0n) is 4.11. The third-order valence-corrected chi connectivity index (χ3v) is 0.755. The second-order valence-corrected chi connectivity index (χ2v) is 1.27. The van der Waals surface area contributed by atoms with E-state index in [0.29, 0.717) is 5.75 Å². The molecule has 0 saturated carbocycles. The molecule has 0 aliphatic rings. The van der Waals surface area contributed by atoms with E-state index in [1.165, 1.54) is 12.4 Å². The molecule has 3 heteroatoms. The molecule has 1 N–H and O–H groups in total. The molecule has 8 heavy (non-hydrogen) atoms. The van der Waals surface area contributed by atoms with E-state index in [9.17, 15) is 0 Å². The van der Waals surface area contributed by atoms with Crippen molar-refractivity contribution < 1.29 is 10.1 Å². The van der Waals surface area contributed by atoms with Gasteiger partial charge in [-0.3, -0.25) is 4.98 Å². The molecule has 0 bridgehead atoms. The molecule has 0 fully saturated rings. The van der Waals surface area contributed by atoms with Gasteiger partial charge >= 0.3 is 0 Å². The molecule has 0 radical (unpaired) electrons. The fourth-order valence-corrected chi connectivity index (χ4v) is 0.399. The predicted octanol–water partition coefficient (Wildman–Crippen LogP) is 0.933. The lowest BCUT2D eigenvalue weighted by Gasteiger charge is -1.89. The molecular weight excluding hydrogens is 106 g/mol. The number of hydrogen-bond donors (Lipinski definition) is 1. The Morgan fingerprint density at radius 1 is 1.38 bits per heavy atom. The first kappa shape index (κ1) is 5.05. The number of nitrogens with zero attached hydrogens (tertiary/aromatic N) is 1. The summed E-state index contributed by atoms with van der Waals surface area (Å²) in [5.74, 6) is 0.403. The zero-order chi connectivity index (χ0) is 5.82. The molecule has 0 unspecified atom stereocenters. The summed E-state index contributed by atoms with van der Waals surface area (Å²) >= 11 is 0. The van der Waals surface area contributed by atoms with Gasteiger partial charge in [-0.2, -0.15) is 0 Å². The molecule has 1 aromatic heterocycles. The lowest BCUT2D eigenvalue weighted by atomic mass is 10.5. The van der Waals surface area contributed by atoms with E-state index in [1.807, 2.05) is 0 Å². The summed E-state index contributed by atoms with van der Waals surface area (Å²) in [7, 11) is 0. The van der Waals surface area contributed by atoms with Crippen LogP contribution in [0.3, 0.4) is 0 Å². The molecular formula is C5H5NO2. The highest BCUT2D eigenvalue weighted by molar-refractivity contribution is 5.15. The van der Waals surface area contributed by atoms with Crippen LogP contribution in [0, 0.1) is 0 Å². The molecule has 0 amide bonds. The number of hydrogen-bond acceptors (Lipinski definition) is 3. The largest absolute Gasteiger partial charge is 0.340 e. The topological polar surface area (TPSA) is 42.4 Å². The van der Waals surface area contributed by atoms with Crippen LogP contribution >= 0.6 is 0 Å². The van der Waals surface area contributed by atoms with Gasteiger partial charge < -0.3 is 4.89 Å². The summed E-state index contributed by atoms with van der Waals surface area (Å²) in [6.45, 7) is 0. The van der Waals surface area contributed by atoms with Gasteiger partial charge in [0.2, 0.25) is 0 Å². The molecule has 0 aromatic carbocycles.